The van der Waals surface area contributed by atoms with Crippen molar-refractivity contribution < 1.29 is 14.2 Å². The molecule has 0 spiro atoms. The number of aromatic nitrogens is 4. The van der Waals surface area contributed by atoms with E-state index in [1.165, 1.54) is 0 Å². The lowest BCUT2D eigenvalue weighted by molar-refractivity contribution is 0.324. The molecule has 102 valence electrons. The second-order valence-electron chi connectivity index (χ2n) is 3.86. The van der Waals surface area contributed by atoms with Crippen molar-refractivity contribution in [2.24, 2.45) is 0 Å². The average molecular weight is 264 g/mol. The maximum Gasteiger partial charge on any atom is 0.203 e. The molecule has 0 amide bonds. The van der Waals surface area contributed by atoms with Gasteiger partial charge in [-0.25, -0.2) is 0 Å². The fourth-order valence-electron chi connectivity index (χ4n) is 1.82. The number of rotatable bonds is 6. The number of benzene rings is 1. The Hall–Kier alpha value is -2.31. The summed E-state index contributed by atoms with van der Waals surface area (Å²) < 4.78 is 15.9. The van der Waals surface area contributed by atoms with Crippen molar-refractivity contribution >= 4 is 0 Å². The molecule has 7 nitrogen and oxygen atoms in total. The number of hydrogen-bond acceptors (Lipinski definition) is 6. The monoisotopic (exact) mass is 264 g/mol. The van der Waals surface area contributed by atoms with E-state index in [4.69, 9.17) is 14.2 Å². The summed E-state index contributed by atoms with van der Waals surface area (Å²) in [5.74, 6) is 2.55. The number of aryl methyl sites for hydroxylation is 2. The number of H-pyrrole nitrogens is 1. The van der Waals surface area contributed by atoms with E-state index in [-0.39, 0.29) is 0 Å². The molecule has 0 unspecified atom stereocenters. The van der Waals surface area contributed by atoms with Crippen molar-refractivity contribution in [1.82, 2.24) is 20.6 Å². The standard InChI is InChI=1S/C12H16N4O3/c1-17-9-6-8(4-5-11-13-15-16-14-11)7-10(18-2)12(9)19-3/h6-7H,4-5H2,1-3H3,(H,13,14,15,16). The summed E-state index contributed by atoms with van der Waals surface area (Å²) in [6.45, 7) is 0. The SMILES string of the molecule is COc1cc(CCc2nn[nH]n2)cc(OC)c1OC. The lowest BCUT2D eigenvalue weighted by Gasteiger charge is -2.13. The minimum Gasteiger partial charge on any atom is -0.493 e. The number of tetrazole rings is 1. The second kappa shape index (κ2) is 6.03. The molecule has 0 saturated carbocycles. The minimum absolute atomic E-state index is 0.591. The van der Waals surface area contributed by atoms with Gasteiger partial charge in [-0.3, -0.25) is 0 Å². The van der Waals surface area contributed by atoms with Gasteiger partial charge < -0.3 is 14.2 Å². The third-order valence-corrected chi connectivity index (χ3v) is 2.75. The Morgan fingerprint density at radius 3 is 2.16 bits per heavy atom. The van der Waals surface area contributed by atoms with Gasteiger partial charge in [0, 0.05) is 6.42 Å². The normalized spacial score (nSPS) is 10.3. The van der Waals surface area contributed by atoms with Crippen LogP contribution in [0.1, 0.15) is 11.4 Å². The molecular formula is C12H16N4O3. The van der Waals surface area contributed by atoms with E-state index in [9.17, 15) is 0 Å². The van der Waals surface area contributed by atoms with Gasteiger partial charge in [-0.15, -0.1) is 10.2 Å². The van der Waals surface area contributed by atoms with Gasteiger partial charge in [-0.2, -0.15) is 5.21 Å². The Morgan fingerprint density at radius 2 is 1.68 bits per heavy atom. The van der Waals surface area contributed by atoms with Gasteiger partial charge in [-0.1, -0.05) is 5.21 Å². The summed E-state index contributed by atoms with van der Waals surface area (Å²) in [6.07, 6.45) is 1.45. The summed E-state index contributed by atoms with van der Waals surface area (Å²) >= 11 is 0. The Labute approximate surface area is 110 Å². The summed E-state index contributed by atoms with van der Waals surface area (Å²) in [6, 6.07) is 3.84. The largest absolute Gasteiger partial charge is 0.493 e. The summed E-state index contributed by atoms with van der Waals surface area (Å²) in [5, 5.41) is 13.8. The third kappa shape index (κ3) is 2.93. The van der Waals surface area contributed by atoms with E-state index in [2.05, 4.69) is 20.6 Å². The molecule has 0 atom stereocenters. The molecule has 0 bridgehead atoms. The Morgan fingerprint density at radius 1 is 1.00 bits per heavy atom. The zero-order chi connectivity index (χ0) is 13.7. The van der Waals surface area contributed by atoms with Gasteiger partial charge in [0.15, 0.2) is 17.3 Å². The highest BCUT2D eigenvalue weighted by Crippen LogP contribution is 2.38. The maximum absolute atomic E-state index is 5.30. The predicted octanol–water partition coefficient (Wildman–Crippen LogP) is 1.01. The van der Waals surface area contributed by atoms with Gasteiger partial charge in [0.05, 0.1) is 21.3 Å². The molecule has 1 aromatic carbocycles. The topological polar surface area (TPSA) is 82.2 Å². The molecule has 0 aliphatic heterocycles. The molecule has 2 aromatic rings. The number of nitrogens with zero attached hydrogens (tertiary/aromatic N) is 3. The molecule has 1 heterocycles. The minimum atomic E-state index is 0.591. The highest BCUT2D eigenvalue weighted by atomic mass is 16.5. The number of ether oxygens (including phenoxy) is 3. The van der Waals surface area contributed by atoms with E-state index in [0.717, 1.165) is 12.0 Å². The number of nitrogens with one attached hydrogen (secondary N) is 1. The van der Waals surface area contributed by atoms with Crippen LogP contribution in [0.15, 0.2) is 12.1 Å². The number of methoxy groups -OCH3 is 3. The Kier molecular flexibility index (Phi) is 4.17. The van der Waals surface area contributed by atoms with Gasteiger partial charge in [0.2, 0.25) is 5.75 Å². The third-order valence-electron chi connectivity index (χ3n) is 2.75. The highest BCUT2D eigenvalue weighted by molar-refractivity contribution is 5.53. The van der Waals surface area contributed by atoms with Crippen molar-refractivity contribution in [3.63, 3.8) is 0 Å². The van der Waals surface area contributed by atoms with Crippen molar-refractivity contribution in [2.45, 2.75) is 12.8 Å². The van der Waals surface area contributed by atoms with Crippen LogP contribution < -0.4 is 14.2 Å². The lowest BCUT2D eigenvalue weighted by Crippen LogP contribution is -1.99. The van der Waals surface area contributed by atoms with Crippen LogP contribution in [0, 0.1) is 0 Å². The maximum atomic E-state index is 5.30. The lowest BCUT2D eigenvalue weighted by atomic mass is 10.1. The van der Waals surface area contributed by atoms with Crippen molar-refractivity contribution in [3.05, 3.63) is 23.5 Å². The number of aromatic amines is 1. The van der Waals surface area contributed by atoms with Gasteiger partial charge in [0.25, 0.3) is 0 Å². The average Bonchev–Trinajstić information content (AvgIpc) is 2.97. The van der Waals surface area contributed by atoms with Crippen LogP contribution in [-0.2, 0) is 12.8 Å². The molecule has 1 N–H and O–H groups in total. The fourth-order valence-corrected chi connectivity index (χ4v) is 1.82. The zero-order valence-corrected chi connectivity index (χ0v) is 11.1. The fraction of sp³-hybridized carbons (Fsp3) is 0.417. The van der Waals surface area contributed by atoms with E-state index in [0.29, 0.717) is 29.5 Å². The van der Waals surface area contributed by atoms with E-state index >= 15 is 0 Å². The van der Waals surface area contributed by atoms with Crippen molar-refractivity contribution in [2.75, 3.05) is 21.3 Å². The van der Waals surface area contributed by atoms with Gasteiger partial charge >= 0.3 is 0 Å². The van der Waals surface area contributed by atoms with Crippen molar-refractivity contribution in [3.8, 4) is 17.2 Å². The van der Waals surface area contributed by atoms with E-state index < -0.39 is 0 Å². The molecular weight excluding hydrogens is 248 g/mol. The van der Waals surface area contributed by atoms with Crippen molar-refractivity contribution in [1.29, 1.82) is 0 Å². The van der Waals surface area contributed by atoms with Crippen LogP contribution in [0.3, 0.4) is 0 Å². The van der Waals surface area contributed by atoms with Gasteiger partial charge in [0.1, 0.15) is 0 Å². The Balaban J connectivity index is 2.20. The molecule has 0 fully saturated rings. The summed E-state index contributed by atoms with van der Waals surface area (Å²) in [5.41, 5.74) is 1.05. The molecule has 0 saturated heterocycles. The molecule has 2 rings (SSSR count). The molecule has 7 heteroatoms. The van der Waals surface area contributed by atoms with Crippen LogP contribution in [-0.4, -0.2) is 42.0 Å². The van der Waals surface area contributed by atoms with E-state index in [1.54, 1.807) is 21.3 Å². The Bertz CT molecular complexity index is 503. The zero-order valence-electron chi connectivity index (χ0n) is 11.1. The first-order valence-corrected chi connectivity index (χ1v) is 5.79. The van der Waals surface area contributed by atoms with Crippen LogP contribution in [0.5, 0.6) is 17.2 Å². The molecule has 0 radical (unpaired) electrons. The second-order valence-corrected chi connectivity index (χ2v) is 3.86. The smallest absolute Gasteiger partial charge is 0.203 e. The predicted molar refractivity (Wildman–Crippen MR) is 67.7 cm³/mol. The first kappa shape index (κ1) is 13.1. The van der Waals surface area contributed by atoms with Crippen LogP contribution in [0.4, 0.5) is 0 Å². The first-order chi connectivity index (χ1) is 9.28. The summed E-state index contributed by atoms with van der Waals surface area (Å²) in [4.78, 5) is 0. The van der Waals surface area contributed by atoms with E-state index in [1.807, 2.05) is 12.1 Å². The summed E-state index contributed by atoms with van der Waals surface area (Å²) in [7, 11) is 4.78. The molecule has 0 aliphatic carbocycles. The van der Waals surface area contributed by atoms with Crippen LogP contribution >= 0.6 is 0 Å². The number of hydrogen-bond donors (Lipinski definition) is 1. The highest BCUT2D eigenvalue weighted by Gasteiger charge is 2.13. The first-order valence-electron chi connectivity index (χ1n) is 5.79. The molecule has 0 aliphatic rings. The van der Waals surface area contributed by atoms with Gasteiger partial charge in [-0.05, 0) is 24.1 Å². The molecule has 19 heavy (non-hydrogen) atoms. The quantitative estimate of drug-likeness (QED) is 0.838. The van der Waals surface area contributed by atoms with Crippen LogP contribution in [0.25, 0.3) is 0 Å². The van der Waals surface area contributed by atoms with Crippen LogP contribution in [0.2, 0.25) is 0 Å². The molecule has 1 aromatic heterocycles.